The first-order chi connectivity index (χ1) is 14.4. The van der Waals surface area contributed by atoms with Gasteiger partial charge < -0.3 is 15.4 Å². The number of carbonyl (C=O) groups is 4. The molecule has 0 bridgehead atoms. The van der Waals surface area contributed by atoms with Crippen molar-refractivity contribution in [3.05, 3.63) is 46.5 Å². The Bertz CT molecular complexity index is 959. The minimum Gasteiger partial charge on any atom is -0.462 e. The van der Waals surface area contributed by atoms with Gasteiger partial charge >= 0.3 is 12.0 Å². The standard InChI is InChI=1S/C20H22N4O5S/c1-3-29-18(27)16-12(2)21-19(30-16)23-15(25)10-9-14-17(26)24(20(28)22-14)11-13-7-5-4-6-8-13/h4-8,14H,3,9-11H2,1-2H3,(H,22,28)(H,21,23,25)/t14-/m1/s1. The van der Waals surface area contributed by atoms with Gasteiger partial charge in [-0.2, -0.15) is 0 Å². The summed E-state index contributed by atoms with van der Waals surface area (Å²) in [6, 6.07) is 7.98. The molecule has 158 valence electrons. The number of nitrogens with zero attached hydrogens (tertiary/aromatic N) is 2. The van der Waals surface area contributed by atoms with E-state index < -0.39 is 18.0 Å². The maximum Gasteiger partial charge on any atom is 0.350 e. The fourth-order valence-corrected chi connectivity index (χ4v) is 3.86. The van der Waals surface area contributed by atoms with Crippen molar-refractivity contribution in [2.24, 2.45) is 0 Å². The van der Waals surface area contributed by atoms with Crippen molar-refractivity contribution in [1.29, 1.82) is 0 Å². The van der Waals surface area contributed by atoms with Crippen LogP contribution in [0.3, 0.4) is 0 Å². The van der Waals surface area contributed by atoms with E-state index in [-0.39, 0.29) is 42.9 Å². The minimum absolute atomic E-state index is 0.0171. The summed E-state index contributed by atoms with van der Waals surface area (Å²) in [6.07, 6.45) is 0.181. The lowest BCUT2D eigenvalue weighted by Gasteiger charge is -2.13. The Morgan fingerprint density at radius 3 is 2.70 bits per heavy atom. The third-order valence-corrected chi connectivity index (χ3v) is 5.51. The molecule has 2 heterocycles. The van der Waals surface area contributed by atoms with Gasteiger partial charge in [-0.15, -0.1) is 0 Å². The second-order valence-electron chi connectivity index (χ2n) is 6.65. The molecule has 1 aromatic heterocycles. The number of thiazole rings is 1. The lowest BCUT2D eigenvalue weighted by molar-refractivity contribution is -0.128. The van der Waals surface area contributed by atoms with Gasteiger partial charge in [0.05, 0.1) is 18.8 Å². The van der Waals surface area contributed by atoms with Crippen molar-refractivity contribution >= 4 is 40.3 Å². The zero-order valence-electron chi connectivity index (χ0n) is 16.6. The smallest absolute Gasteiger partial charge is 0.350 e. The normalized spacial score (nSPS) is 15.8. The number of imide groups is 1. The number of aromatic nitrogens is 1. The van der Waals surface area contributed by atoms with Crippen LogP contribution in [0.15, 0.2) is 30.3 Å². The highest BCUT2D eigenvalue weighted by Crippen LogP contribution is 2.24. The maximum absolute atomic E-state index is 12.5. The molecular formula is C20H22N4O5S. The third-order valence-electron chi connectivity index (χ3n) is 4.45. The summed E-state index contributed by atoms with van der Waals surface area (Å²) in [7, 11) is 0. The Balaban J connectivity index is 1.52. The summed E-state index contributed by atoms with van der Waals surface area (Å²) in [6.45, 7) is 3.80. The lowest BCUT2D eigenvalue weighted by Crippen LogP contribution is -2.31. The van der Waals surface area contributed by atoms with Crippen LogP contribution < -0.4 is 10.6 Å². The molecular weight excluding hydrogens is 408 g/mol. The monoisotopic (exact) mass is 430 g/mol. The van der Waals surface area contributed by atoms with E-state index in [4.69, 9.17) is 4.74 Å². The van der Waals surface area contributed by atoms with Crippen LogP contribution in [0, 0.1) is 6.92 Å². The molecule has 0 spiro atoms. The number of benzene rings is 1. The minimum atomic E-state index is -0.750. The Labute approximate surface area is 177 Å². The highest BCUT2D eigenvalue weighted by molar-refractivity contribution is 7.17. The number of anilines is 1. The molecule has 1 fully saturated rings. The Hall–Kier alpha value is -3.27. The topological polar surface area (TPSA) is 118 Å². The summed E-state index contributed by atoms with van der Waals surface area (Å²) in [5.41, 5.74) is 1.32. The Morgan fingerprint density at radius 1 is 1.27 bits per heavy atom. The Morgan fingerprint density at radius 2 is 2.00 bits per heavy atom. The summed E-state index contributed by atoms with van der Waals surface area (Å²) in [5.74, 6) is -1.19. The number of hydrogen-bond acceptors (Lipinski definition) is 7. The zero-order valence-corrected chi connectivity index (χ0v) is 17.5. The molecule has 1 aromatic carbocycles. The molecule has 1 atom stereocenters. The van der Waals surface area contributed by atoms with Gasteiger partial charge in [-0.25, -0.2) is 14.6 Å². The van der Waals surface area contributed by atoms with Gasteiger partial charge in [0, 0.05) is 6.42 Å². The van der Waals surface area contributed by atoms with E-state index in [1.54, 1.807) is 13.8 Å². The molecule has 0 radical (unpaired) electrons. The fourth-order valence-electron chi connectivity index (χ4n) is 2.98. The predicted octanol–water partition coefficient (Wildman–Crippen LogP) is 2.47. The van der Waals surface area contributed by atoms with Gasteiger partial charge in [0.2, 0.25) is 5.91 Å². The number of hydrogen-bond donors (Lipinski definition) is 2. The van der Waals surface area contributed by atoms with Crippen molar-refractivity contribution in [2.45, 2.75) is 39.3 Å². The first-order valence-electron chi connectivity index (χ1n) is 9.49. The van der Waals surface area contributed by atoms with Gasteiger partial charge in [0.15, 0.2) is 5.13 Å². The molecule has 3 rings (SSSR count). The number of ether oxygens (including phenoxy) is 1. The van der Waals surface area contributed by atoms with Crippen LogP contribution in [-0.2, 0) is 20.9 Å². The maximum atomic E-state index is 12.5. The van der Waals surface area contributed by atoms with Crippen molar-refractivity contribution < 1.29 is 23.9 Å². The highest BCUT2D eigenvalue weighted by atomic mass is 32.1. The fraction of sp³-hybridized carbons (Fsp3) is 0.350. The molecule has 2 aromatic rings. The van der Waals surface area contributed by atoms with Crippen LogP contribution in [-0.4, -0.2) is 46.3 Å². The molecule has 10 heteroatoms. The van der Waals surface area contributed by atoms with Crippen LogP contribution in [0.25, 0.3) is 0 Å². The summed E-state index contributed by atoms with van der Waals surface area (Å²) in [4.78, 5) is 54.4. The average molecular weight is 430 g/mol. The second kappa shape index (κ2) is 9.49. The van der Waals surface area contributed by atoms with E-state index in [1.165, 1.54) is 0 Å². The molecule has 0 aliphatic carbocycles. The van der Waals surface area contributed by atoms with E-state index >= 15 is 0 Å². The largest absolute Gasteiger partial charge is 0.462 e. The predicted molar refractivity (Wildman–Crippen MR) is 110 cm³/mol. The number of rotatable bonds is 8. The molecule has 2 N–H and O–H groups in total. The van der Waals surface area contributed by atoms with E-state index in [9.17, 15) is 19.2 Å². The number of aryl methyl sites for hydroxylation is 1. The molecule has 4 amide bonds. The van der Waals surface area contributed by atoms with Gasteiger partial charge in [-0.05, 0) is 25.8 Å². The van der Waals surface area contributed by atoms with Gasteiger partial charge in [-0.1, -0.05) is 41.7 Å². The highest BCUT2D eigenvalue weighted by Gasteiger charge is 2.37. The third kappa shape index (κ3) is 5.01. The van der Waals surface area contributed by atoms with Crippen molar-refractivity contribution in [1.82, 2.24) is 15.2 Å². The van der Waals surface area contributed by atoms with E-state index in [0.29, 0.717) is 10.6 Å². The number of urea groups is 1. The van der Waals surface area contributed by atoms with E-state index in [0.717, 1.165) is 21.8 Å². The summed E-state index contributed by atoms with van der Waals surface area (Å²) < 4.78 is 4.95. The SMILES string of the molecule is CCOC(=O)c1sc(NC(=O)CC[C@H]2NC(=O)N(Cc3ccccc3)C2=O)nc1C. The van der Waals surface area contributed by atoms with Crippen LogP contribution in [0.5, 0.6) is 0 Å². The molecule has 9 nitrogen and oxygen atoms in total. The molecule has 0 saturated carbocycles. The van der Waals surface area contributed by atoms with E-state index in [1.807, 2.05) is 30.3 Å². The lowest BCUT2D eigenvalue weighted by atomic mass is 10.1. The van der Waals surface area contributed by atoms with Crippen molar-refractivity contribution in [3.63, 3.8) is 0 Å². The van der Waals surface area contributed by atoms with Crippen LogP contribution in [0.1, 0.15) is 40.7 Å². The van der Waals surface area contributed by atoms with Crippen molar-refractivity contribution in [2.75, 3.05) is 11.9 Å². The average Bonchev–Trinajstić information content (AvgIpc) is 3.21. The van der Waals surface area contributed by atoms with Crippen LogP contribution in [0.4, 0.5) is 9.93 Å². The summed E-state index contributed by atoms with van der Waals surface area (Å²) in [5, 5.41) is 5.53. The van der Waals surface area contributed by atoms with Gasteiger partial charge in [0.1, 0.15) is 10.9 Å². The van der Waals surface area contributed by atoms with Crippen molar-refractivity contribution in [3.8, 4) is 0 Å². The Kier molecular flexibility index (Phi) is 6.78. The second-order valence-corrected chi connectivity index (χ2v) is 7.65. The molecule has 1 aliphatic heterocycles. The number of carbonyl (C=O) groups excluding carboxylic acids is 4. The quantitative estimate of drug-likeness (QED) is 0.491. The number of amides is 4. The van der Waals surface area contributed by atoms with Crippen LogP contribution >= 0.6 is 11.3 Å². The van der Waals surface area contributed by atoms with Gasteiger partial charge in [-0.3, -0.25) is 14.5 Å². The van der Waals surface area contributed by atoms with E-state index in [2.05, 4.69) is 15.6 Å². The first kappa shape index (κ1) is 21.4. The number of esters is 1. The molecule has 1 aliphatic rings. The molecule has 0 unspecified atom stereocenters. The van der Waals surface area contributed by atoms with Gasteiger partial charge in [0.25, 0.3) is 5.91 Å². The molecule has 30 heavy (non-hydrogen) atoms. The summed E-state index contributed by atoms with van der Waals surface area (Å²) >= 11 is 1.03. The number of nitrogens with one attached hydrogen (secondary N) is 2. The van der Waals surface area contributed by atoms with Crippen LogP contribution in [0.2, 0.25) is 0 Å². The molecule has 1 saturated heterocycles. The zero-order chi connectivity index (χ0) is 21.7. The first-order valence-corrected chi connectivity index (χ1v) is 10.3.